The van der Waals surface area contributed by atoms with Crippen LogP contribution in [0, 0.1) is 40.4 Å². The molecule has 4 aliphatic carbocycles. The fourth-order valence-electron chi connectivity index (χ4n) is 8.29. The molecule has 0 amide bonds. The fourth-order valence-corrected chi connectivity index (χ4v) is 8.29. The molecule has 0 bridgehead atoms. The minimum Gasteiger partial charge on any atom is -0.390 e. The van der Waals surface area contributed by atoms with Crippen LogP contribution in [0.3, 0.4) is 0 Å². The van der Waals surface area contributed by atoms with Crippen molar-refractivity contribution in [1.82, 2.24) is 0 Å². The van der Waals surface area contributed by atoms with Gasteiger partial charge in [-0.1, -0.05) is 13.8 Å². The highest BCUT2D eigenvalue weighted by atomic mass is 16.5. The molecule has 0 spiro atoms. The van der Waals surface area contributed by atoms with Crippen molar-refractivity contribution in [1.29, 1.82) is 0 Å². The summed E-state index contributed by atoms with van der Waals surface area (Å²) in [6, 6.07) is 0. The molecular weight excluding hydrogens is 324 g/mol. The van der Waals surface area contributed by atoms with Gasteiger partial charge in [-0.25, -0.2) is 0 Å². The molecule has 4 fully saturated rings. The number of hydrogen-bond acceptors (Lipinski definition) is 3. The standard InChI is InChI=1S/C23H38O3/c1-14(24)16-6-7-17-20-18(8-9-23(16,17)4)22(3)11-10-21(2,25)13-15(22)12-19(20)26-5/h15-20,25H,6-13H2,1-5H3/t15-,16+,17-,18-,19-,20-,21+,22-,23+/m0/s1. The lowest BCUT2D eigenvalue weighted by atomic mass is 9.43. The van der Waals surface area contributed by atoms with Gasteiger partial charge in [0.15, 0.2) is 0 Å². The topological polar surface area (TPSA) is 46.5 Å². The lowest BCUT2D eigenvalue weighted by Crippen LogP contribution is -2.60. The minimum absolute atomic E-state index is 0.174. The first-order valence-electron chi connectivity index (χ1n) is 10.9. The second kappa shape index (κ2) is 6.04. The van der Waals surface area contributed by atoms with E-state index in [4.69, 9.17) is 4.74 Å². The van der Waals surface area contributed by atoms with Gasteiger partial charge in [0.1, 0.15) is 5.78 Å². The Kier molecular flexibility index (Phi) is 4.40. The fraction of sp³-hybridized carbons (Fsp3) is 0.957. The summed E-state index contributed by atoms with van der Waals surface area (Å²) < 4.78 is 6.11. The van der Waals surface area contributed by atoms with Gasteiger partial charge in [0.05, 0.1) is 11.7 Å². The molecule has 4 aliphatic rings. The zero-order chi connectivity index (χ0) is 18.9. The first-order valence-corrected chi connectivity index (χ1v) is 10.9. The quantitative estimate of drug-likeness (QED) is 0.780. The number of aliphatic hydroxyl groups is 1. The molecule has 9 atom stereocenters. The molecule has 0 saturated heterocycles. The molecule has 3 nitrogen and oxygen atoms in total. The van der Waals surface area contributed by atoms with Crippen LogP contribution in [0.15, 0.2) is 0 Å². The van der Waals surface area contributed by atoms with Crippen LogP contribution in [-0.2, 0) is 9.53 Å². The van der Waals surface area contributed by atoms with E-state index in [1.54, 1.807) is 6.92 Å². The summed E-state index contributed by atoms with van der Waals surface area (Å²) in [4.78, 5) is 12.3. The Balaban J connectivity index is 1.68. The number of rotatable bonds is 2. The van der Waals surface area contributed by atoms with E-state index < -0.39 is 5.60 Å². The van der Waals surface area contributed by atoms with Crippen molar-refractivity contribution in [3.8, 4) is 0 Å². The summed E-state index contributed by atoms with van der Waals surface area (Å²) in [6.07, 6.45) is 9.06. The molecule has 4 saturated carbocycles. The Morgan fingerprint density at radius 3 is 2.35 bits per heavy atom. The number of fused-ring (bicyclic) bond motifs is 5. The summed E-state index contributed by atoms with van der Waals surface area (Å²) in [5.74, 6) is 3.12. The molecule has 0 radical (unpaired) electrons. The maximum atomic E-state index is 12.3. The summed E-state index contributed by atoms with van der Waals surface area (Å²) in [7, 11) is 1.88. The Morgan fingerprint density at radius 2 is 1.69 bits per heavy atom. The summed E-state index contributed by atoms with van der Waals surface area (Å²) in [5, 5.41) is 10.7. The van der Waals surface area contributed by atoms with Crippen molar-refractivity contribution in [2.24, 2.45) is 40.4 Å². The van der Waals surface area contributed by atoms with Gasteiger partial charge in [0.25, 0.3) is 0 Å². The van der Waals surface area contributed by atoms with E-state index in [1.807, 2.05) is 14.0 Å². The zero-order valence-corrected chi connectivity index (χ0v) is 17.4. The van der Waals surface area contributed by atoms with Gasteiger partial charge in [0, 0.05) is 13.0 Å². The Labute approximate surface area is 159 Å². The smallest absolute Gasteiger partial charge is 0.133 e. The molecule has 0 aromatic rings. The molecule has 4 rings (SSSR count). The molecule has 1 N–H and O–H groups in total. The summed E-state index contributed by atoms with van der Waals surface area (Å²) in [6.45, 7) is 8.74. The average Bonchev–Trinajstić information content (AvgIpc) is 2.92. The summed E-state index contributed by atoms with van der Waals surface area (Å²) >= 11 is 0. The monoisotopic (exact) mass is 362 g/mol. The number of carbonyl (C=O) groups excluding carboxylic acids is 1. The van der Waals surface area contributed by atoms with E-state index in [0.29, 0.717) is 41.0 Å². The van der Waals surface area contributed by atoms with Crippen LogP contribution in [0.25, 0.3) is 0 Å². The third-order valence-electron chi connectivity index (χ3n) is 9.74. The predicted molar refractivity (Wildman–Crippen MR) is 103 cm³/mol. The van der Waals surface area contributed by atoms with Gasteiger partial charge >= 0.3 is 0 Å². The van der Waals surface area contributed by atoms with E-state index >= 15 is 0 Å². The second-order valence-corrected chi connectivity index (χ2v) is 11.0. The van der Waals surface area contributed by atoms with Crippen LogP contribution >= 0.6 is 0 Å². The third kappa shape index (κ3) is 2.56. The molecular formula is C23H38O3. The maximum Gasteiger partial charge on any atom is 0.133 e. The van der Waals surface area contributed by atoms with Gasteiger partial charge in [0.2, 0.25) is 0 Å². The van der Waals surface area contributed by atoms with Crippen molar-refractivity contribution in [2.45, 2.75) is 90.8 Å². The van der Waals surface area contributed by atoms with Gasteiger partial charge in [-0.15, -0.1) is 0 Å². The van der Waals surface area contributed by atoms with Crippen molar-refractivity contribution in [2.75, 3.05) is 7.11 Å². The van der Waals surface area contributed by atoms with Crippen LogP contribution in [0.5, 0.6) is 0 Å². The highest BCUT2D eigenvalue weighted by Crippen LogP contribution is 2.68. The van der Waals surface area contributed by atoms with E-state index in [1.165, 1.54) is 19.3 Å². The molecule has 3 heteroatoms. The van der Waals surface area contributed by atoms with E-state index in [0.717, 1.165) is 32.1 Å². The molecule has 0 aliphatic heterocycles. The number of carbonyl (C=O) groups is 1. The first-order chi connectivity index (χ1) is 12.1. The molecule has 148 valence electrons. The normalized spacial score (nSPS) is 56.4. The van der Waals surface area contributed by atoms with Crippen LogP contribution in [0.2, 0.25) is 0 Å². The van der Waals surface area contributed by atoms with Crippen LogP contribution in [0.1, 0.15) is 79.1 Å². The lowest BCUT2D eigenvalue weighted by Gasteiger charge is -2.63. The van der Waals surface area contributed by atoms with E-state index in [-0.39, 0.29) is 11.3 Å². The molecule has 0 aromatic heterocycles. The Bertz CT molecular complexity index is 584. The van der Waals surface area contributed by atoms with Crippen LogP contribution in [-0.4, -0.2) is 29.7 Å². The largest absolute Gasteiger partial charge is 0.390 e. The van der Waals surface area contributed by atoms with Gasteiger partial charge in [-0.3, -0.25) is 4.79 Å². The minimum atomic E-state index is -0.508. The third-order valence-corrected chi connectivity index (χ3v) is 9.74. The van der Waals surface area contributed by atoms with Gasteiger partial charge in [-0.2, -0.15) is 0 Å². The highest BCUT2D eigenvalue weighted by molar-refractivity contribution is 5.79. The van der Waals surface area contributed by atoms with Crippen molar-refractivity contribution in [3.63, 3.8) is 0 Å². The first kappa shape index (κ1) is 18.9. The zero-order valence-electron chi connectivity index (χ0n) is 17.4. The average molecular weight is 363 g/mol. The van der Waals surface area contributed by atoms with Crippen molar-refractivity contribution >= 4 is 5.78 Å². The van der Waals surface area contributed by atoms with Crippen molar-refractivity contribution in [3.05, 3.63) is 0 Å². The molecule has 26 heavy (non-hydrogen) atoms. The molecule has 0 unspecified atom stereocenters. The summed E-state index contributed by atoms with van der Waals surface area (Å²) in [5.41, 5.74) is -0.00369. The van der Waals surface area contributed by atoms with Gasteiger partial charge < -0.3 is 9.84 Å². The maximum absolute atomic E-state index is 12.3. The number of ketones is 1. The highest BCUT2D eigenvalue weighted by Gasteiger charge is 2.63. The molecule has 0 aromatic carbocycles. The Hall–Kier alpha value is -0.410. The Morgan fingerprint density at radius 1 is 1.00 bits per heavy atom. The van der Waals surface area contributed by atoms with E-state index in [9.17, 15) is 9.90 Å². The van der Waals surface area contributed by atoms with Crippen molar-refractivity contribution < 1.29 is 14.6 Å². The second-order valence-electron chi connectivity index (χ2n) is 11.0. The lowest BCUT2D eigenvalue weighted by molar-refractivity contribution is -0.191. The number of methoxy groups -OCH3 is 1. The SMILES string of the molecule is CO[C@H]1C[C@H]2C[C@](C)(O)CC[C@]2(C)[C@H]2CC[C@]3(C)[C@@H](C(C)=O)CC[C@H]3[C@H]12. The van der Waals surface area contributed by atoms with Gasteiger partial charge in [-0.05, 0) is 99.7 Å². The van der Waals surface area contributed by atoms with Crippen LogP contribution in [0.4, 0.5) is 0 Å². The predicted octanol–water partition coefficient (Wildman–Crippen LogP) is 4.61. The van der Waals surface area contributed by atoms with E-state index in [2.05, 4.69) is 13.8 Å². The number of hydrogen-bond donors (Lipinski definition) is 1. The molecule has 0 heterocycles. The number of Topliss-reactive ketones (excluding diaryl/α,β-unsaturated/α-hetero) is 1. The number of ether oxygens (including phenoxy) is 1. The van der Waals surface area contributed by atoms with Crippen LogP contribution < -0.4 is 0 Å².